The first-order valence-electron chi connectivity index (χ1n) is 9.07. The van der Waals surface area contributed by atoms with Gasteiger partial charge >= 0.3 is 6.03 Å². The number of carbonyl (C=O) groups is 1. The lowest BCUT2D eigenvalue weighted by molar-refractivity contribution is 0.158. The standard InChI is InChI=1S/C21H21N3O2/c1-21-8-9-22-18(10-13-6-7-15(25)11-16(13)21)19(21)24-12-14-4-2-3-5-17(14)23-20(24)26/h2-7,11,19,25H,8-10,12H2,1H3,(H,23,26)/t19-,21-/m0/s1. The first kappa shape index (κ1) is 15.4. The summed E-state index contributed by atoms with van der Waals surface area (Å²) in [5.41, 5.74) is 5.19. The van der Waals surface area contributed by atoms with Crippen molar-refractivity contribution in [1.82, 2.24) is 4.90 Å². The van der Waals surface area contributed by atoms with Crippen molar-refractivity contribution in [2.75, 3.05) is 11.9 Å². The highest BCUT2D eigenvalue weighted by atomic mass is 16.3. The zero-order chi connectivity index (χ0) is 17.9. The highest BCUT2D eigenvalue weighted by molar-refractivity contribution is 6.01. The first-order chi connectivity index (χ1) is 12.6. The Morgan fingerprint density at radius 3 is 2.96 bits per heavy atom. The van der Waals surface area contributed by atoms with Gasteiger partial charge in [0.05, 0.1) is 12.6 Å². The topological polar surface area (TPSA) is 64.9 Å². The molecule has 0 saturated carbocycles. The molecule has 2 amide bonds. The van der Waals surface area contributed by atoms with Crippen LogP contribution in [0.25, 0.3) is 0 Å². The van der Waals surface area contributed by atoms with Crippen LogP contribution in [0.5, 0.6) is 5.75 Å². The molecule has 5 nitrogen and oxygen atoms in total. The minimum Gasteiger partial charge on any atom is -0.508 e. The average Bonchev–Trinajstić information content (AvgIpc) is 2.62. The molecule has 26 heavy (non-hydrogen) atoms. The number of urea groups is 1. The number of benzene rings is 2. The molecule has 5 heteroatoms. The molecular weight excluding hydrogens is 326 g/mol. The quantitative estimate of drug-likeness (QED) is 0.830. The van der Waals surface area contributed by atoms with Gasteiger partial charge in [0.1, 0.15) is 5.75 Å². The van der Waals surface area contributed by atoms with E-state index in [1.807, 2.05) is 35.2 Å². The Bertz CT molecular complexity index is 952. The van der Waals surface area contributed by atoms with E-state index in [0.29, 0.717) is 6.54 Å². The number of carbonyl (C=O) groups excluding carboxylic acids is 1. The van der Waals surface area contributed by atoms with Crippen LogP contribution in [0, 0.1) is 0 Å². The molecule has 5 rings (SSSR count). The minimum absolute atomic E-state index is 0.0712. The van der Waals surface area contributed by atoms with Gasteiger partial charge in [-0.05, 0) is 41.3 Å². The number of anilines is 1. The van der Waals surface area contributed by atoms with Crippen LogP contribution in [0.15, 0.2) is 47.5 Å². The van der Waals surface area contributed by atoms with E-state index in [4.69, 9.17) is 4.99 Å². The lowest BCUT2D eigenvalue weighted by atomic mass is 9.63. The van der Waals surface area contributed by atoms with Gasteiger partial charge < -0.3 is 15.3 Å². The minimum atomic E-state index is -0.243. The molecule has 2 heterocycles. The summed E-state index contributed by atoms with van der Waals surface area (Å²) in [7, 11) is 0. The molecule has 2 N–H and O–H groups in total. The smallest absolute Gasteiger partial charge is 0.322 e. The van der Waals surface area contributed by atoms with Gasteiger partial charge in [0.2, 0.25) is 0 Å². The third-order valence-corrected chi connectivity index (χ3v) is 6.12. The summed E-state index contributed by atoms with van der Waals surface area (Å²) in [5, 5.41) is 13.1. The van der Waals surface area contributed by atoms with Crippen molar-refractivity contribution in [3.63, 3.8) is 0 Å². The SMILES string of the molecule is C[C@]12CCN=C(Cc3ccc(O)cc31)[C@@H]2N1Cc2ccccc2NC1=O. The number of fused-ring (bicyclic) bond motifs is 5. The lowest BCUT2D eigenvalue weighted by Crippen LogP contribution is -2.61. The van der Waals surface area contributed by atoms with Gasteiger partial charge in [-0.3, -0.25) is 4.99 Å². The van der Waals surface area contributed by atoms with E-state index in [1.165, 1.54) is 5.56 Å². The van der Waals surface area contributed by atoms with Crippen LogP contribution >= 0.6 is 0 Å². The summed E-state index contributed by atoms with van der Waals surface area (Å²) in [4.78, 5) is 19.6. The Morgan fingerprint density at radius 2 is 2.08 bits per heavy atom. The maximum absolute atomic E-state index is 12.9. The third kappa shape index (κ3) is 2.09. The van der Waals surface area contributed by atoms with Gasteiger partial charge in [0.25, 0.3) is 0 Å². The van der Waals surface area contributed by atoms with Crippen molar-refractivity contribution < 1.29 is 9.90 Å². The van der Waals surface area contributed by atoms with Gasteiger partial charge in [-0.25, -0.2) is 4.79 Å². The monoisotopic (exact) mass is 347 g/mol. The third-order valence-electron chi connectivity index (χ3n) is 6.12. The van der Waals surface area contributed by atoms with Crippen LogP contribution in [0.1, 0.15) is 30.0 Å². The number of nitrogens with one attached hydrogen (secondary N) is 1. The van der Waals surface area contributed by atoms with Crippen LogP contribution in [0.4, 0.5) is 10.5 Å². The van der Waals surface area contributed by atoms with Crippen molar-refractivity contribution in [3.05, 3.63) is 59.2 Å². The number of rotatable bonds is 1. The number of hydrogen-bond acceptors (Lipinski definition) is 3. The van der Waals surface area contributed by atoms with Crippen LogP contribution in [-0.2, 0) is 18.4 Å². The van der Waals surface area contributed by atoms with E-state index in [9.17, 15) is 9.90 Å². The zero-order valence-electron chi connectivity index (χ0n) is 14.7. The van der Waals surface area contributed by atoms with Crippen LogP contribution in [0.3, 0.4) is 0 Å². The van der Waals surface area contributed by atoms with Crippen molar-refractivity contribution >= 4 is 17.4 Å². The highest BCUT2D eigenvalue weighted by Crippen LogP contribution is 2.45. The predicted molar refractivity (Wildman–Crippen MR) is 101 cm³/mol. The number of hydrogen-bond donors (Lipinski definition) is 2. The van der Waals surface area contributed by atoms with Crippen LogP contribution < -0.4 is 5.32 Å². The fourth-order valence-corrected chi connectivity index (χ4v) is 4.86. The van der Waals surface area contributed by atoms with Gasteiger partial charge in [-0.15, -0.1) is 0 Å². The van der Waals surface area contributed by atoms with Gasteiger partial charge in [0.15, 0.2) is 0 Å². The van der Waals surface area contributed by atoms with Crippen molar-refractivity contribution in [3.8, 4) is 5.75 Å². The molecule has 0 radical (unpaired) electrons. The Labute approximate surface area is 152 Å². The maximum Gasteiger partial charge on any atom is 0.322 e. The fraction of sp³-hybridized carbons (Fsp3) is 0.333. The van der Waals surface area contributed by atoms with E-state index in [2.05, 4.69) is 18.3 Å². The number of para-hydroxylation sites is 1. The van der Waals surface area contributed by atoms with Crippen molar-refractivity contribution in [2.45, 2.75) is 37.8 Å². The first-order valence-corrected chi connectivity index (χ1v) is 9.07. The number of amides is 2. The molecule has 2 atom stereocenters. The van der Waals surface area contributed by atoms with Gasteiger partial charge in [0, 0.05) is 29.8 Å². The molecule has 0 fully saturated rings. The summed E-state index contributed by atoms with van der Waals surface area (Å²) >= 11 is 0. The number of phenolic OH excluding ortho intramolecular Hbond substituents is 1. The summed E-state index contributed by atoms with van der Waals surface area (Å²) in [5.74, 6) is 0.281. The average molecular weight is 347 g/mol. The van der Waals surface area contributed by atoms with E-state index < -0.39 is 0 Å². The molecule has 3 aliphatic rings. The number of aromatic hydroxyl groups is 1. The summed E-state index contributed by atoms with van der Waals surface area (Å²) in [6, 6.07) is 13.4. The van der Waals surface area contributed by atoms with E-state index in [-0.39, 0.29) is 23.2 Å². The largest absolute Gasteiger partial charge is 0.508 e. The summed E-state index contributed by atoms with van der Waals surface area (Å²) < 4.78 is 0. The van der Waals surface area contributed by atoms with Crippen LogP contribution in [0.2, 0.25) is 0 Å². The Kier molecular flexibility index (Phi) is 3.17. The van der Waals surface area contributed by atoms with Gasteiger partial charge in [-0.2, -0.15) is 0 Å². The second-order valence-electron chi connectivity index (χ2n) is 7.68. The normalized spacial score (nSPS) is 26.5. The Balaban J connectivity index is 1.62. The van der Waals surface area contributed by atoms with Crippen LogP contribution in [-0.4, -0.2) is 34.3 Å². The molecule has 132 valence electrons. The van der Waals surface area contributed by atoms with E-state index >= 15 is 0 Å². The molecule has 0 unspecified atom stereocenters. The molecule has 2 aromatic rings. The number of phenols is 1. The molecular formula is C21H21N3O2. The predicted octanol–water partition coefficient (Wildman–Crippen LogP) is 3.47. The fourth-order valence-electron chi connectivity index (χ4n) is 4.86. The molecule has 2 aromatic carbocycles. The highest BCUT2D eigenvalue weighted by Gasteiger charge is 2.50. The maximum atomic E-state index is 12.9. The Hall–Kier alpha value is -2.82. The van der Waals surface area contributed by atoms with Gasteiger partial charge in [-0.1, -0.05) is 31.2 Å². The summed E-state index contributed by atoms with van der Waals surface area (Å²) in [6.07, 6.45) is 1.60. The molecule has 1 aliphatic carbocycles. The molecule has 0 spiro atoms. The summed E-state index contributed by atoms with van der Waals surface area (Å²) in [6.45, 7) is 3.55. The lowest BCUT2D eigenvalue weighted by Gasteiger charge is -2.51. The van der Waals surface area contributed by atoms with E-state index in [0.717, 1.165) is 41.9 Å². The molecule has 2 aliphatic heterocycles. The zero-order valence-corrected chi connectivity index (χ0v) is 14.7. The Morgan fingerprint density at radius 1 is 1.23 bits per heavy atom. The molecule has 0 aromatic heterocycles. The van der Waals surface area contributed by atoms with Crippen molar-refractivity contribution in [1.29, 1.82) is 0 Å². The number of nitrogens with zero attached hydrogens (tertiary/aromatic N) is 2. The molecule has 2 bridgehead atoms. The second kappa shape index (κ2) is 5.34. The molecule has 0 saturated heterocycles. The second-order valence-corrected chi connectivity index (χ2v) is 7.68. The van der Waals surface area contributed by atoms with E-state index in [1.54, 1.807) is 6.07 Å². The number of aliphatic imine (C=N–C) groups is 1. The van der Waals surface area contributed by atoms with Crippen molar-refractivity contribution in [2.24, 2.45) is 4.99 Å².